The van der Waals surface area contributed by atoms with E-state index < -0.39 is 10.0 Å². The van der Waals surface area contributed by atoms with Gasteiger partial charge in [0.05, 0.1) is 30.4 Å². The summed E-state index contributed by atoms with van der Waals surface area (Å²) in [5.41, 5.74) is 3.94. The monoisotopic (exact) mass is 429 g/mol. The largest absolute Gasteiger partial charge is 0.497 e. The zero-order valence-electron chi connectivity index (χ0n) is 17.6. The van der Waals surface area contributed by atoms with Crippen LogP contribution in [0.3, 0.4) is 0 Å². The summed E-state index contributed by atoms with van der Waals surface area (Å²) in [7, 11) is -1.56. The predicted molar refractivity (Wildman–Crippen MR) is 118 cm³/mol. The summed E-state index contributed by atoms with van der Waals surface area (Å²) >= 11 is 0. The Morgan fingerprint density at radius 2 is 1.67 bits per heavy atom. The van der Waals surface area contributed by atoms with Gasteiger partial charge in [0.15, 0.2) is 0 Å². The Kier molecular flexibility index (Phi) is 6.79. The van der Waals surface area contributed by atoms with Gasteiger partial charge < -0.3 is 9.47 Å². The minimum Gasteiger partial charge on any atom is -0.497 e. The van der Waals surface area contributed by atoms with Crippen LogP contribution in [-0.2, 0) is 10.0 Å². The van der Waals surface area contributed by atoms with E-state index >= 15 is 0 Å². The molecule has 0 bridgehead atoms. The van der Waals surface area contributed by atoms with Crippen molar-refractivity contribution in [1.29, 1.82) is 0 Å². The first kappa shape index (κ1) is 21.9. The lowest BCUT2D eigenvalue weighted by Crippen LogP contribution is -2.26. The van der Waals surface area contributed by atoms with Gasteiger partial charge in [0.2, 0.25) is 10.0 Å². The van der Waals surface area contributed by atoms with Crippen LogP contribution >= 0.6 is 0 Å². The zero-order chi connectivity index (χ0) is 21.7. The third kappa shape index (κ3) is 5.61. The van der Waals surface area contributed by atoms with E-state index in [-0.39, 0.29) is 13.2 Å². The summed E-state index contributed by atoms with van der Waals surface area (Å²) in [5.74, 6) is 1.77. The Hall–Kier alpha value is -2.84. The molecule has 0 aliphatic carbocycles. The summed E-state index contributed by atoms with van der Waals surface area (Å²) in [6.07, 6.45) is 1.12. The second kappa shape index (κ2) is 9.32. The number of nitrogens with one attached hydrogen (secondary N) is 1. The minimum absolute atomic E-state index is 0.225. The number of aromatic nitrogens is 2. The van der Waals surface area contributed by atoms with Crippen LogP contribution in [0.5, 0.6) is 11.5 Å². The third-order valence-electron chi connectivity index (χ3n) is 4.52. The summed E-state index contributed by atoms with van der Waals surface area (Å²) < 4.78 is 37.4. The van der Waals surface area contributed by atoms with Crippen molar-refractivity contribution in [3.8, 4) is 28.4 Å². The number of hydrogen-bond donors (Lipinski definition) is 1. The van der Waals surface area contributed by atoms with Crippen molar-refractivity contribution < 1.29 is 17.9 Å². The highest BCUT2D eigenvalue weighted by Crippen LogP contribution is 2.29. The molecule has 0 aliphatic heterocycles. The van der Waals surface area contributed by atoms with E-state index in [1.807, 2.05) is 53.2 Å². The van der Waals surface area contributed by atoms with Crippen LogP contribution in [0.2, 0.25) is 0 Å². The van der Waals surface area contributed by atoms with Crippen molar-refractivity contribution in [3.63, 3.8) is 0 Å². The molecule has 0 radical (unpaired) electrons. The van der Waals surface area contributed by atoms with Gasteiger partial charge in [-0.1, -0.05) is 13.8 Å². The Labute approximate surface area is 177 Å². The van der Waals surface area contributed by atoms with Crippen LogP contribution in [0.25, 0.3) is 16.9 Å². The minimum atomic E-state index is -3.21. The van der Waals surface area contributed by atoms with E-state index in [1.165, 1.54) is 0 Å². The highest BCUT2D eigenvalue weighted by molar-refractivity contribution is 7.88. The smallest absolute Gasteiger partial charge is 0.208 e. The number of ether oxygens (including phenoxy) is 2. The lowest BCUT2D eigenvalue weighted by molar-refractivity contribution is 0.323. The van der Waals surface area contributed by atoms with Gasteiger partial charge in [-0.2, -0.15) is 5.10 Å². The fourth-order valence-electron chi connectivity index (χ4n) is 2.93. The quantitative estimate of drug-likeness (QED) is 0.526. The van der Waals surface area contributed by atoms with Gasteiger partial charge in [0.1, 0.15) is 18.1 Å². The first-order chi connectivity index (χ1) is 14.3. The van der Waals surface area contributed by atoms with Crippen molar-refractivity contribution in [2.45, 2.75) is 19.8 Å². The Bertz CT molecular complexity index is 1070. The predicted octanol–water partition coefficient (Wildman–Crippen LogP) is 3.60. The molecule has 0 unspecified atom stereocenters. The van der Waals surface area contributed by atoms with Gasteiger partial charge in [0, 0.05) is 12.1 Å². The molecule has 0 saturated heterocycles. The molecular formula is C22H27N3O4S. The average molecular weight is 430 g/mol. The van der Waals surface area contributed by atoms with E-state index in [0.717, 1.165) is 34.6 Å². The number of rotatable bonds is 9. The normalized spacial score (nSPS) is 11.6. The molecule has 7 nitrogen and oxygen atoms in total. The van der Waals surface area contributed by atoms with Crippen molar-refractivity contribution >= 4 is 10.0 Å². The highest BCUT2D eigenvalue weighted by atomic mass is 32.2. The van der Waals surface area contributed by atoms with Gasteiger partial charge in [-0.15, -0.1) is 0 Å². The Balaban J connectivity index is 1.82. The molecule has 8 heteroatoms. The van der Waals surface area contributed by atoms with Gasteiger partial charge in [-0.3, -0.25) is 0 Å². The summed E-state index contributed by atoms with van der Waals surface area (Å²) in [4.78, 5) is 0. The zero-order valence-corrected chi connectivity index (χ0v) is 18.4. The molecule has 1 aromatic heterocycles. The second-order valence-corrected chi connectivity index (χ2v) is 9.09. The van der Waals surface area contributed by atoms with E-state index in [1.54, 1.807) is 7.11 Å². The molecule has 1 heterocycles. The summed E-state index contributed by atoms with van der Waals surface area (Å²) in [6, 6.07) is 17.6. The van der Waals surface area contributed by atoms with Crippen LogP contribution in [0.15, 0.2) is 54.6 Å². The molecule has 30 heavy (non-hydrogen) atoms. The van der Waals surface area contributed by atoms with Gasteiger partial charge in [0.25, 0.3) is 0 Å². The molecule has 0 fully saturated rings. The number of benzene rings is 2. The third-order valence-corrected chi connectivity index (χ3v) is 5.25. The van der Waals surface area contributed by atoms with Crippen LogP contribution in [-0.4, -0.2) is 44.7 Å². The first-order valence-corrected chi connectivity index (χ1v) is 11.6. The second-order valence-electron chi connectivity index (χ2n) is 7.26. The number of sulfonamides is 1. The molecule has 0 spiro atoms. The average Bonchev–Trinajstić information content (AvgIpc) is 3.17. The van der Waals surface area contributed by atoms with E-state index in [9.17, 15) is 8.42 Å². The number of hydrogen-bond acceptors (Lipinski definition) is 5. The molecule has 160 valence electrons. The van der Waals surface area contributed by atoms with Gasteiger partial charge in [-0.05, 0) is 60.5 Å². The van der Waals surface area contributed by atoms with Crippen LogP contribution in [0.4, 0.5) is 0 Å². The van der Waals surface area contributed by atoms with Crippen LogP contribution in [0, 0.1) is 0 Å². The first-order valence-electron chi connectivity index (χ1n) is 9.69. The molecule has 2 aromatic carbocycles. The maximum absolute atomic E-state index is 11.1. The molecular weight excluding hydrogens is 402 g/mol. The molecule has 3 rings (SSSR count). The maximum atomic E-state index is 11.1. The Morgan fingerprint density at radius 3 is 2.23 bits per heavy atom. The van der Waals surface area contributed by atoms with Crippen LogP contribution in [0.1, 0.15) is 25.5 Å². The molecule has 0 amide bonds. The van der Waals surface area contributed by atoms with E-state index in [0.29, 0.717) is 11.7 Å². The maximum Gasteiger partial charge on any atom is 0.208 e. The van der Waals surface area contributed by atoms with Crippen molar-refractivity contribution in [3.05, 3.63) is 60.3 Å². The lowest BCUT2D eigenvalue weighted by atomic mass is 10.1. The molecule has 0 aliphatic rings. The lowest BCUT2D eigenvalue weighted by Gasteiger charge is -2.10. The Morgan fingerprint density at radius 1 is 1.03 bits per heavy atom. The molecule has 0 atom stereocenters. The fourth-order valence-corrected chi connectivity index (χ4v) is 3.38. The van der Waals surface area contributed by atoms with Crippen molar-refractivity contribution in [1.82, 2.24) is 14.5 Å². The SMILES string of the molecule is COc1ccc(-n2nc(C(C)C)cc2-c2ccc(OCCNS(C)(=O)=O)cc2)cc1. The topological polar surface area (TPSA) is 82.4 Å². The van der Waals surface area contributed by atoms with Crippen molar-refractivity contribution in [2.75, 3.05) is 26.5 Å². The summed E-state index contributed by atoms with van der Waals surface area (Å²) in [6.45, 7) is 4.72. The molecule has 3 aromatic rings. The van der Waals surface area contributed by atoms with Crippen molar-refractivity contribution in [2.24, 2.45) is 0 Å². The standard InChI is InChI=1S/C22H27N3O4S/c1-16(2)21-15-22(25(24-21)18-7-11-19(28-3)12-8-18)17-5-9-20(10-6-17)29-14-13-23-30(4,26)27/h5-12,15-16,23H,13-14H2,1-4H3. The van der Waals surface area contributed by atoms with Crippen LogP contribution < -0.4 is 14.2 Å². The molecule has 0 saturated carbocycles. The fraction of sp³-hybridized carbons (Fsp3) is 0.318. The van der Waals surface area contributed by atoms with E-state index in [4.69, 9.17) is 14.6 Å². The van der Waals surface area contributed by atoms with Gasteiger partial charge >= 0.3 is 0 Å². The highest BCUT2D eigenvalue weighted by Gasteiger charge is 2.14. The number of nitrogens with zero attached hydrogens (tertiary/aromatic N) is 2. The van der Waals surface area contributed by atoms with E-state index in [2.05, 4.69) is 24.6 Å². The number of methoxy groups -OCH3 is 1. The molecule has 1 N–H and O–H groups in total. The van der Waals surface area contributed by atoms with Gasteiger partial charge in [-0.25, -0.2) is 17.8 Å². The summed E-state index contributed by atoms with van der Waals surface area (Å²) in [5, 5.41) is 4.80.